The van der Waals surface area contributed by atoms with Gasteiger partial charge in [0.1, 0.15) is 0 Å². The summed E-state index contributed by atoms with van der Waals surface area (Å²) in [4.78, 5) is 22.1. The molecule has 0 N–H and O–H groups in total. The molecule has 29 heavy (non-hydrogen) atoms. The maximum absolute atomic E-state index is 13.5. The number of hydrogen-bond donors (Lipinski definition) is 0. The Hall–Kier alpha value is -2.44. The molecule has 2 aliphatic heterocycles. The second kappa shape index (κ2) is 9.37. The molecule has 0 bridgehead atoms. The average molecular weight is 396 g/mol. The lowest BCUT2D eigenvalue weighted by Gasteiger charge is -2.31. The zero-order valence-corrected chi connectivity index (χ0v) is 17.0. The van der Waals surface area contributed by atoms with Crippen molar-refractivity contribution >= 4 is 11.6 Å². The molecule has 0 spiro atoms. The van der Waals surface area contributed by atoms with Crippen molar-refractivity contribution in [3.05, 3.63) is 59.4 Å². The predicted octanol–water partition coefficient (Wildman–Crippen LogP) is 3.05. The molecule has 6 nitrogen and oxygen atoms in total. The molecule has 0 aliphatic carbocycles. The molecule has 0 radical (unpaired) electrons. The molecule has 1 aromatic carbocycles. The molecule has 2 aromatic rings. The van der Waals surface area contributed by atoms with Crippen LogP contribution in [0.4, 0.5) is 5.69 Å². The summed E-state index contributed by atoms with van der Waals surface area (Å²) < 4.78 is 11.3. The first-order chi connectivity index (χ1) is 14.2. The van der Waals surface area contributed by atoms with Crippen LogP contribution in [-0.4, -0.2) is 61.3 Å². The SMILES string of the molecule is Cc1ccc(C(=O)N(Cc2ccccn2)C[C@H]2CCCO2)cc1N1CCOCC1. The van der Waals surface area contributed by atoms with Crippen LogP contribution < -0.4 is 4.90 Å². The first kappa shape index (κ1) is 19.9. The van der Waals surface area contributed by atoms with E-state index in [2.05, 4.69) is 16.8 Å². The van der Waals surface area contributed by atoms with E-state index in [0.717, 1.165) is 57.1 Å². The predicted molar refractivity (Wildman–Crippen MR) is 112 cm³/mol. The van der Waals surface area contributed by atoms with Gasteiger partial charge in [0.05, 0.1) is 31.6 Å². The molecular formula is C23H29N3O3. The molecule has 0 unspecified atom stereocenters. The fourth-order valence-corrected chi connectivity index (χ4v) is 4.01. The van der Waals surface area contributed by atoms with Crippen molar-refractivity contribution in [1.82, 2.24) is 9.88 Å². The number of rotatable bonds is 6. The summed E-state index contributed by atoms with van der Waals surface area (Å²) in [5, 5.41) is 0. The second-order valence-corrected chi connectivity index (χ2v) is 7.74. The van der Waals surface area contributed by atoms with Gasteiger partial charge in [-0.1, -0.05) is 12.1 Å². The van der Waals surface area contributed by atoms with E-state index in [1.54, 1.807) is 6.20 Å². The Morgan fingerprint density at radius 1 is 1.21 bits per heavy atom. The number of pyridine rings is 1. The minimum absolute atomic E-state index is 0.0284. The molecule has 2 fully saturated rings. The number of aromatic nitrogens is 1. The normalized spacial score (nSPS) is 19.3. The Morgan fingerprint density at radius 2 is 2.07 bits per heavy atom. The minimum Gasteiger partial charge on any atom is -0.378 e. The Bertz CT molecular complexity index is 815. The third kappa shape index (κ3) is 4.95. The lowest BCUT2D eigenvalue weighted by molar-refractivity contribution is 0.0504. The summed E-state index contributed by atoms with van der Waals surface area (Å²) in [6.45, 7) is 7.11. The molecule has 6 heteroatoms. The zero-order chi connectivity index (χ0) is 20.1. The van der Waals surface area contributed by atoms with Crippen molar-refractivity contribution in [3.63, 3.8) is 0 Å². The van der Waals surface area contributed by atoms with Crippen molar-refractivity contribution < 1.29 is 14.3 Å². The van der Waals surface area contributed by atoms with E-state index in [4.69, 9.17) is 9.47 Å². The number of benzene rings is 1. The van der Waals surface area contributed by atoms with Crippen molar-refractivity contribution in [2.75, 3.05) is 44.4 Å². The van der Waals surface area contributed by atoms with Crippen LogP contribution in [0.15, 0.2) is 42.6 Å². The van der Waals surface area contributed by atoms with Crippen LogP contribution in [0.2, 0.25) is 0 Å². The fourth-order valence-electron chi connectivity index (χ4n) is 4.01. The van der Waals surface area contributed by atoms with Gasteiger partial charge >= 0.3 is 0 Å². The van der Waals surface area contributed by atoms with Gasteiger partial charge < -0.3 is 19.3 Å². The number of nitrogens with zero attached hydrogens (tertiary/aromatic N) is 3. The van der Waals surface area contributed by atoms with Crippen molar-refractivity contribution in [2.45, 2.75) is 32.4 Å². The van der Waals surface area contributed by atoms with Gasteiger partial charge in [-0.05, 0) is 49.6 Å². The van der Waals surface area contributed by atoms with Crippen LogP contribution >= 0.6 is 0 Å². The van der Waals surface area contributed by atoms with Crippen LogP contribution in [0.3, 0.4) is 0 Å². The Labute approximate surface area is 172 Å². The van der Waals surface area contributed by atoms with Gasteiger partial charge in [0, 0.05) is 43.7 Å². The number of carbonyl (C=O) groups is 1. The number of anilines is 1. The van der Waals surface area contributed by atoms with Gasteiger partial charge in [0.2, 0.25) is 0 Å². The largest absolute Gasteiger partial charge is 0.378 e. The highest BCUT2D eigenvalue weighted by atomic mass is 16.5. The van der Waals surface area contributed by atoms with Crippen LogP contribution in [0, 0.1) is 6.92 Å². The molecule has 3 heterocycles. The minimum atomic E-state index is 0.0284. The monoisotopic (exact) mass is 395 g/mol. The highest BCUT2D eigenvalue weighted by Crippen LogP contribution is 2.24. The summed E-state index contributed by atoms with van der Waals surface area (Å²) >= 11 is 0. The fraction of sp³-hybridized carbons (Fsp3) is 0.478. The van der Waals surface area contributed by atoms with Gasteiger partial charge in [-0.3, -0.25) is 9.78 Å². The van der Waals surface area contributed by atoms with Crippen LogP contribution in [-0.2, 0) is 16.0 Å². The lowest BCUT2D eigenvalue weighted by Crippen LogP contribution is -2.38. The summed E-state index contributed by atoms with van der Waals surface area (Å²) in [5.41, 5.74) is 3.90. The number of aryl methyl sites for hydroxylation is 1. The molecule has 2 saturated heterocycles. The van der Waals surface area contributed by atoms with Crippen molar-refractivity contribution in [3.8, 4) is 0 Å². The average Bonchev–Trinajstić information content (AvgIpc) is 3.28. The lowest BCUT2D eigenvalue weighted by atomic mass is 10.1. The first-order valence-electron chi connectivity index (χ1n) is 10.4. The highest BCUT2D eigenvalue weighted by Gasteiger charge is 2.25. The van der Waals surface area contributed by atoms with E-state index >= 15 is 0 Å². The highest BCUT2D eigenvalue weighted by molar-refractivity contribution is 5.95. The van der Waals surface area contributed by atoms with Gasteiger partial charge in [-0.15, -0.1) is 0 Å². The van der Waals surface area contributed by atoms with E-state index in [0.29, 0.717) is 18.7 Å². The number of morpholine rings is 1. The third-order valence-electron chi connectivity index (χ3n) is 5.62. The summed E-state index contributed by atoms with van der Waals surface area (Å²) in [7, 11) is 0. The summed E-state index contributed by atoms with van der Waals surface area (Å²) in [6, 6.07) is 11.8. The van der Waals surface area contributed by atoms with Crippen molar-refractivity contribution in [1.29, 1.82) is 0 Å². The first-order valence-corrected chi connectivity index (χ1v) is 10.4. The molecule has 154 valence electrons. The molecular weight excluding hydrogens is 366 g/mol. The molecule has 1 amide bonds. The van der Waals surface area contributed by atoms with E-state index < -0.39 is 0 Å². The van der Waals surface area contributed by atoms with Crippen molar-refractivity contribution in [2.24, 2.45) is 0 Å². The van der Waals surface area contributed by atoms with Crippen LogP contribution in [0.1, 0.15) is 34.5 Å². The van der Waals surface area contributed by atoms with Gasteiger partial charge in [0.25, 0.3) is 5.91 Å². The Balaban J connectivity index is 1.57. The molecule has 2 aliphatic rings. The van der Waals surface area contributed by atoms with E-state index in [1.165, 1.54) is 5.56 Å². The number of ether oxygens (including phenoxy) is 2. The van der Waals surface area contributed by atoms with E-state index in [9.17, 15) is 4.79 Å². The third-order valence-corrected chi connectivity index (χ3v) is 5.62. The van der Waals surface area contributed by atoms with E-state index in [-0.39, 0.29) is 12.0 Å². The smallest absolute Gasteiger partial charge is 0.254 e. The van der Waals surface area contributed by atoms with Gasteiger partial charge in [-0.25, -0.2) is 0 Å². The zero-order valence-electron chi connectivity index (χ0n) is 17.0. The molecule has 1 atom stereocenters. The number of hydrogen-bond acceptors (Lipinski definition) is 5. The van der Waals surface area contributed by atoms with Crippen LogP contribution in [0.5, 0.6) is 0 Å². The standard InChI is InChI=1S/C23H29N3O3/c1-18-7-8-19(15-22(18)25-10-13-28-14-11-25)23(27)26(17-21-6-4-12-29-21)16-20-5-2-3-9-24-20/h2-3,5,7-9,15,21H,4,6,10-14,16-17H2,1H3/t21-/m1/s1. The second-order valence-electron chi connectivity index (χ2n) is 7.74. The Morgan fingerprint density at radius 3 is 2.79 bits per heavy atom. The van der Waals surface area contributed by atoms with Gasteiger partial charge in [-0.2, -0.15) is 0 Å². The Kier molecular flexibility index (Phi) is 6.42. The number of carbonyl (C=O) groups excluding carboxylic acids is 1. The molecule has 0 saturated carbocycles. The topological polar surface area (TPSA) is 54.9 Å². The maximum atomic E-state index is 13.5. The maximum Gasteiger partial charge on any atom is 0.254 e. The van der Waals surface area contributed by atoms with E-state index in [1.807, 2.05) is 41.3 Å². The van der Waals surface area contributed by atoms with Gasteiger partial charge in [0.15, 0.2) is 0 Å². The quantitative estimate of drug-likeness (QED) is 0.753. The summed E-state index contributed by atoms with van der Waals surface area (Å²) in [6.07, 6.45) is 3.93. The summed E-state index contributed by atoms with van der Waals surface area (Å²) in [5.74, 6) is 0.0284. The molecule has 4 rings (SSSR count). The number of amides is 1. The molecule has 1 aromatic heterocycles. The van der Waals surface area contributed by atoms with Crippen LogP contribution in [0.25, 0.3) is 0 Å².